The number of terminal acetylenes is 1. The summed E-state index contributed by atoms with van der Waals surface area (Å²) < 4.78 is 0.697. The molecule has 19 heavy (non-hydrogen) atoms. The standard InChI is InChI=1S/C17H20N.BrH/c1-5-10-17(18(3,4)15-6-2)14-13-16-11-8-7-9-12-16;/h2,5,7-9,11-12,17H,1,10,15H2,3-4H3;1H/q+1;/p-1. The number of hydrogen-bond donors (Lipinski definition) is 0. The van der Waals surface area contributed by atoms with Crippen molar-refractivity contribution in [2.75, 3.05) is 20.6 Å². The van der Waals surface area contributed by atoms with E-state index in [-0.39, 0.29) is 23.0 Å². The van der Waals surface area contributed by atoms with Gasteiger partial charge in [-0.05, 0) is 24.0 Å². The van der Waals surface area contributed by atoms with Gasteiger partial charge in [-0.2, -0.15) is 0 Å². The molecule has 0 saturated heterocycles. The molecule has 1 aromatic carbocycles. The Morgan fingerprint density at radius 1 is 1.32 bits per heavy atom. The van der Waals surface area contributed by atoms with E-state index in [0.717, 1.165) is 12.0 Å². The van der Waals surface area contributed by atoms with Crippen LogP contribution in [0, 0.1) is 24.2 Å². The molecule has 0 aliphatic heterocycles. The van der Waals surface area contributed by atoms with Crippen LogP contribution in [-0.2, 0) is 0 Å². The third-order valence-electron chi connectivity index (χ3n) is 2.89. The molecular formula is C17H20BrN. The van der Waals surface area contributed by atoms with E-state index in [0.29, 0.717) is 11.0 Å². The third kappa shape index (κ3) is 5.79. The molecule has 100 valence electrons. The zero-order valence-electron chi connectivity index (χ0n) is 11.6. The van der Waals surface area contributed by atoms with Crippen molar-refractivity contribution in [2.45, 2.75) is 12.5 Å². The Morgan fingerprint density at radius 2 is 1.95 bits per heavy atom. The van der Waals surface area contributed by atoms with E-state index >= 15 is 0 Å². The SMILES string of the molecule is C#CC[N+](C)(C)C(C#Cc1ccccc1)CC=C.[Br-]. The number of hydrogen-bond acceptors (Lipinski definition) is 0. The predicted molar refractivity (Wildman–Crippen MR) is 77.7 cm³/mol. The number of nitrogens with zero attached hydrogens (tertiary/aromatic N) is 1. The van der Waals surface area contributed by atoms with Crippen LogP contribution >= 0.6 is 0 Å². The molecule has 1 unspecified atom stereocenters. The van der Waals surface area contributed by atoms with Gasteiger partial charge in [-0.25, -0.2) is 0 Å². The lowest BCUT2D eigenvalue weighted by molar-refractivity contribution is -0.899. The Hall–Kier alpha value is -1.48. The highest BCUT2D eigenvalue weighted by Crippen LogP contribution is 2.10. The average Bonchev–Trinajstić information content (AvgIpc) is 2.35. The normalized spacial score (nSPS) is 11.2. The monoisotopic (exact) mass is 317 g/mol. The fraction of sp³-hybridized carbons (Fsp3) is 0.294. The molecule has 0 spiro atoms. The van der Waals surface area contributed by atoms with Crippen molar-refractivity contribution in [3.05, 3.63) is 48.6 Å². The minimum Gasteiger partial charge on any atom is -1.00 e. The zero-order valence-corrected chi connectivity index (χ0v) is 13.2. The summed E-state index contributed by atoms with van der Waals surface area (Å²) in [6.45, 7) is 4.47. The van der Waals surface area contributed by atoms with E-state index in [1.165, 1.54) is 0 Å². The maximum absolute atomic E-state index is 5.42. The summed E-state index contributed by atoms with van der Waals surface area (Å²) in [5, 5.41) is 0. The summed E-state index contributed by atoms with van der Waals surface area (Å²) in [4.78, 5) is 0. The second-order valence-electron chi connectivity index (χ2n) is 4.82. The summed E-state index contributed by atoms with van der Waals surface area (Å²) in [5.74, 6) is 9.24. The van der Waals surface area contributed by atoms with Crippen LogP contribution in [0.4, 0.5) is 0 Å². The van der Waals surface area contributed by atoms with Gasteiger partial charge in [0.05, 0.1) is 14.1 Å². The molecular weight excluding hydrogens is 298 g/mol. The molecule has 1 nitrogen and oxygen atoms in total. The summed E-state index contributed by atoms with van der Waals surface area (Å²) in [5.41, 5.74) is 1.03. The van der Waals surface area contributed by atoms with Gasteiger partial charge in [-0.3, -0.25) is 0 Å². The molecule has 0 aliphatic carbocycles. The highest BCUT2D eigenvalue weighted by Gasteiger charge is 2.24. The van der Waals surface area contributed by atoms with Gasteiger partial charge in [-0.15, -0.1) is 13.0 Å². The fourth-order valence-electron chi connectivity index (χ4n) is 1.71. The van der Waals surface area contributed by atoms with Gasteiger partial charge in [0.1, 0.15) is 6.54 Å². The maximum Gasteiger partial charge on any atom is 0.155 e. The molecule has 0 amide bonds. The van der Waals surface area contributed by atoms with Crippen LogP contribution in [0.5, 0.6) is 0 Å². The van der Waals surface area contributed by atoms with Crippen molar-refractivity contribution in [1.82, 2.24) is 0 Å². The molecule has 1 rings (SSSR count). The predicted octanol–water partition coefficient (Wildman–Crippen LogP) is -0.304. The molecule has 1 aromatic rings. The smallest absolute Gasteiger partial charge is 0.155 e. The molecule has 2 heteroatoms. The van der Waals surface area contributed by atoms with E-state index in [2.05, 4.69) is 38.4 Å². The van der Waals surface area contributed by atoms with Gasteiger partial charge in [0.2, 0.25) is 0 Å². The second-order valence-corrected chi connectivity index (χ2v) is 4.82. The minimum absolute atomic E-state index is 0. The lowest BCUT2D eigenvalue weighted by atomic mass is 10.1. The maximum atomic E-state index is 5.42. The van der Waals surface area contributed by atoms with Crippen molar-refractivity contribution >= 4 is 0 Å². The van der Waals surface area contributed by atoms with Crippen LogP contribution in [-0.4, -0.2) is 31.2 Å². The molecule has 0 heterocycles. The largest absolute Gasteiger partial charge is 1.00 e. The van der Waals surface area contributed by atoms with E-state index < -0.39 is 0 Å². The first-order valence-electron chi connectivity index (χ1n) is 6.04. The molecule has 0 saturated carbocycles. The van der Waals surface area contributed by atoms with Gasteiger partial charge in [0.15, 0.2) is 6.04 Å². The minimum atomic E-state index is 0. The van der Waals surface area contributed by atoms with E-state index in [9.17, 15) is 0 Å². The van der Waals surface area contributed by atoms with Crippen molar-refractivity contribution < 1.29 is 21.5 Å². The average molecular weight is 318 g/mol. The van der Waals surface area contributed by atoms with Crippen LogP contribution in [0.1, 0.15) is 12.0 Å². The molecule has 0 radical (unpaired) electrons. The Balaban J connectivity index is 0.00000324. The fourth-order valence-corrected chi connectivity index (χ4v) is 1.71. The first kappa shape index (κ1) is 17.5. The van der Waals surface area contributed by atoms with Crippen LogP contribution < -0.4 is 17.0 Å². The number of halogens is 1. The van der Waals surface area contributed by atoms with E-state index in [4.69, 9.17) is 6.42 Å². The summed E-state index contributed by atoms with van der Waals surface area (Å²) in [7, 11) is 4.21. The highest BCUT2D eigenvalue weighted by atomic mass is 79.9. The Kier molecular flexibility index (Phi) is 7.92. The highest BCUT2D eigenvalue weighted by molar-refractivity contribution is 5.34. The van der Waals surface area contributed by atoms with Crippen LogP contribution in [0.15, 0.2) is 43.0 Å². The molecule has 0 aliphatic rings. The Morgan fingerprint density at radius 3 is 2.47 bits per heavy atom. The van der Waals surface area contributed by atoms with Gasteiger partial charge < -0.3 is 21.5 Å². The zero-order chi connectivity index (χ0) is 13.4. The van der Waals surface area contributed by atoms with Gasteiger partial charge in [0, 0.05) is 12.0 Å². The summed E-state index contributed by atoms with van der Waals surface area (Å²) in [6.07, 6.45) is 8.16. The van der Waals surface area contributed by atoms with Crippen LogP contribution in [0.25, 0.3) is 0 Å². The quantitative estimate of drug-likeness (QED) is 0.406. The molecule has 1 atom stereocenters. The molecule has 0 aromatic heterocycles. The second kappa shape index (κ2) is 8.59. The van der Waals surface area contributed by atoms with E-state index in [1.54, 1.807) is 0 Å². The van der Waals surface area contributed by atoms with E-state index in [1.807, 2.05) is 36.4 Å². The summed E-state index contributed by atoms with van der Waals surface area (Å²) in [6, 6.07) is 10.2. The lowest BCUT2D eigenvalue weighted by Crippen LogP contribution is -3.00. The third-order valence-corrected chi connectivity index (χ3v) is 2.89. The van der Waals surface area contributed by atoms with Crippen LogP contribution in [0.3, 0.4) is 0 Å². The van der Waals surface area contributed by atoms with Crippen molar-refractivity contribution in [1.29, 1.82) is 0 Å². The molecule has 0 fully saturated rings. The van der Waals surface area contributed by atoms with Crippen molar-refractivity contribution in [2.24, 2.45) is 0 Å². The summed E-state index contributed by atoms with van der Waals surface area (Å²) >= 11 is 0. The van der Waals surface area contributed by atoms with Crippen molar-refractivity contribution in [3.63, 3.8) is 0 Å². The van der Waals surface area contributed by atoms with Crippen LogP contribution in [0.2, 0.25) is 0 Å². The number of rotatable bonds is 4. The van der Waals surface area contributed by atoms with Crippen molar-refractivity contribution in [3.8, 4) is 24.2 Å². The first-order valence-corrected chi connectivity index (χ1v) is 6.04. The van der Waals surface area contributed by atoms with Gasteiger partial charge in [-0.1, -0.05) is 30.2 Å². The Labute approximate surface area is 127 Å². The molecule has 0 bridgehead atoms. The first-order chi connectivity index (χ1) is 8.60. The van der Waals surface area contributed by atoms with Gasteiger partial charge >= 0.3 is 0 Å². The lowest BCUT2D eigenvalue weighted by Gasteiger charge is -2.32. The number of benzene rings is 1. The Bertz CT molecular complexity index is 485. The molecule has 0 N–H and O–H groups in total. The number of quaternary nitrogens is 1. The topological polar surface area (TPSA) is 0 Å². The van der Waals surface area contributed by atoms with Gasteiger partial charge in [0.25, 0.3) is 0 Å².